The van der Waals surface area contributed by atoms with Crippen LogP contribution in [-0.2, 0) is 0 Å². The fourth-order valence-electron chi connectivity index (χ4n) is 8.99. The van der Waals surface area contributed by atoms with E-state index in [0.717, 1.165) is 60.8 Å². The standard InChI is InChI=1S/C57H37N5/c1-4-15-38(16-5-1)40-31-33-46(34-32-40)61-51-25-12-10-23-47(51)49-36-50-48-24-11-13-26-52(48)62(54(50)37-53(49)61)57-59-55(42-19-8-3-9-20-42)58-56(60-57)43-29-27-41(28-30-43)45-22-14-21-44(35-45)39-17-6-2-7-18-39/h1-37H. The lowest BCUT2D eigenvalue weighted by Gasteiger charge is -2.12. The summed E-state index contributed by atoms with van der Waals surface area (Å²) < 4.78 is 4.60. The maximum Gasteiger partial charge on any atom is 0.238 e. The van der Waals surface area contributed by atoms with Crippen LogP contribution in [-0.4, -0.2) is 24.1 Å². The molecule has 0 aliphatic heterocycles. The van der Waals surface area contributed by atoms with Gasteiger partial charge in [-0.3, -0.25) is 4.57 Å². The largest absolute Gasteiger partial charge is 0.309 e. The number of benzene rings is 9. The highest BCUT2D eigenvalue weighted by molar-refractivity contribution is 6.19. The third kappa shape index (κ3) is 6.06. The number of rotatable bonds is 7. The van der Waals surface area contributed by atoms with Gasteiger partial charge in [0.05, 0.1) is 22.1 Å². The van der Waals surface area contributed by atoms with Crippen LogP contribution in [0.25, 0.3) is 111 Å². The summed E-state index contributed by atoms with van der Waals surface area (Å²) in [6.07, 6.45) is 0. The lowest BCUT2D eigenvalue weighted by molar-refractivity contribution is 0.953. The topological polar surface area (TPSA) is 48.5 Å². The van der Waals surface area contributed by atoms with E-state index in [1.165, 1.54) is 33.0 Å². The van der Waals surface area contributed by atoms with Crippen molar-refractivity contribution in [2.24, 2.45) is 0 Å². The van der Waals surface area contributed by atoms with Crippen molar-refractivity contribution >= 4 is 43.6 Å². The minimum absolute atomic E-state index is 0.564. The van der Waals surface area contributed by atoms with Gasteiger partial charge in [-0.1, -0.05) is 182 Å². The van der Waals surface area contributed by atoms with Crippen LogP contribution in [0.3, 0.4) is 0 Å². The zero-order valence-corrected chi connectivity index (χ0v) is 33.6. The number of fused-ring (bicyclic) bond motifs is 6. The Hall–Kier alpha value is -8.41. The van der Waals surface area contributed by atoms with Crippen LogP contribution in [0.15, 0.2) is 224 Å². The summed E-state index contributed by atoms with van der Waals surface area (Å²) in [5.41, 5.74) is 14.3. The second-order valence-corrected chi connectivity index (χ2v) is 15.7. The molecule has 3 aromatic heterocycles. The Morgan fingerprint density at radius 1 is 0.242 bits per heavy atom. The molecule has 0 fully saturated rings. The predicted octanol–water partition coefficient (Wildman–Crippen LogP) is 14.4. The normalized spacial score (nSPS) is 11.5. The van der Waals surface area contributed by atoms with Gasteiger partial charge in [-0.2, -0.15) is 9.97 Å². The van der Waals surface area contributed by atoms with Crippen LogP contribution in [0.4, 0.5) is 0 Å². The Morgan fingerprint density at radius 2 is 0.645 bits per heavy atom. The molecule has 0 spiro atoms. The summed E-state index contributed by atoms with van der Waals surface area (Å²) in [6.45, 7) is 0. The zero-order valence-electron chi connectivity index (χ0n) is 33.6. The maximum absolute atomic E-state index is 5.30. The fourth-order valence-corrected chi connectivity index (χ4v) is 8.99. The van der Waals surface area contributed by atoms with Crippen LogP contribution in [0.1, 0.15) is 0 Å². The van der Waals surface area contributed by atoms with Gasteiger partial charge < -0.3 is 4.57 Å². The summed E-state index contributed by atoms with van der Waals surface area (Å²) >= 11 is 0. The molecule has 5 heteroatoms. The highest BCUT2D eigenvalue weighted by atomic mass is 15.2. The minimum Gasteiger partial charge on any atom is -0.309 e. The predicted molar refractivity (Wildman–Crippen MR) is 256 cm³/mol. The molecule has 290 valence electrons. The van der Waals surface area contributed by atoms with E-state index in [0.29, 0.717) is 17.6 Å². The van der Waals surface area contributed by atoms with Crippen molar-refractivity contribution < 1.29 is 0 Å². The van der Waals surface area contributed by atoms with Crippen LogP contribution < -0.4 is 0 Å². The highest BCUT2D eigenvalue weighted by Gasteiger charge is 2.21. The molecule has 0 saturated heterocycles. The van der Waals surface area contributed by atoms with Gasteiger partial charge in [0.1, 0.15) is 0 Å². The molecule has 0 atom stereocenters. The third-order valence-electron chi connectivity index (χ3n) is 12.0. The molecule has 0 amide bonds. The quantitative estimate of drug-likeness (QED) is 0.162. The van der Waals surface area contributed by atoms with E-state index in [9.17, 15) is 0 Å². The molecule has 0 saturated carbocycles. The van der Waals surface area contributed by atoms with Crippen molar-refractivity contribution in [3.8, 4) is 67.8 Å². The number of aromatic nitrogens is 5. The van der Waals surface area contributed by atoms with Crippen molar-refractivity contribution in [3.63, 3.8) is 0 Å². The van der Waals surface area contributed by atoms with Gasteiger partial charge in [0.25, 0.3) is 0 Å². The first-order valence-corrected chi connectivity index (χ1v) is 20.9. The number of hydrogen-bond acceptors (Lipinski definition) is 3. The number of para-hydroxylation sites is 2. The Labute approximate surface area is 358 Å². The fraction of sp³-hybridized carbons (Fsp3) is 0. The second-order valence-electron chi connectivity index (χ2n) is 15.7. The van der Waals surface area contributed by atoms with Gasteiger partial charge in [-0.05, 0) is 75.8 Å². The zero-order chi connectivity index (χ0) is 41.0. The SMILES string of the molecule is c1ccc(-c2ccc(-n3c4ccccc4c4cc5c6ccccc6n(-c6nc(-c7ccccc7)nc(-c7ccc(-c8cccc(-c9ccccc9)c8)cc7)n6)c5cc43)cc2)cc1. The second kappa shape index (κ2) is 14.7. The minimum atomic E-state index is 0.564. The summed E-state index contributed by atoms with van der Waals surface area (Å²) in [4.78, 5) is 15.7. The van der Waals surface area contributed by atoms with Gasteiger partial charge in [-0.15, -0.1) is 0 Å². The van der Waals surface area contributed by atoms with E-state index >= 15 is 0 Å². The van der Waals surface area contributed by atoms with Crippen molar-refractivity contribution in [1.82, 2.24) is 24.1 Å². The van der Waals surface area contributed by atoms with E-state index in [4.69, 9.17) is 15.0 Å². The van der Waals surface area contributed by atoms with Gasteiger partial charge in [0, 0.05) is 38.4 Å². The molecular weight excluding hydrogens is 755 g/mol. The average Bonchev–Trinajstić information content (AvgIpc) is 3.86. The molecule has 0 aliphatic rings. The van der Waals surface area contributed by atoms with E-state index in [-0.39, 0.29) is 0 Å². The highest BCUT2D eigenvalue weighted by Crippen LogP contribution is 2.40. The summed E-state index contributed by atoms with van der Waals surface area (Å²) in [5, 5.41) is 4.68. The van der Waals surface area contributed by atoms with Gasteiger partial charge in [0.15, 0.2) is 11.6 Å². The number of hydrogen-bond donors (Lipinski definition) is 0. The first kappa shape index (κ1) is 35.5. The van der Waals surface area contributed by atoms with Crippen molar-refractivity contribution in [2.75, 3.05) is 0 Å². The Morgan fingerprint density at radius 3 is 1.24 bits per heavy atom. The monoisotopic (exact) mass is 791 g/mol. The van der Waals surface area contributed by atoms with Crippen LogP contribution in [0, 0.1) is 0 Å². The van der Waals surface area contributed by atoms with E-state index < -0.39 is 0 Å². The molecule has 0 unspecified atom stereocenters. The van der Waals surface area contributed by atoms with Crippen LogP contribution in [0.5, 0.6) is 0 Å². The van der Waals surface area contributed by atoms with E-state index in [1.54, 1.807) is 0 Å². The first-order chi connectivity index (χ1) is 30.7. The molecule has 0 radical (unpaired) electrons. The van der Waals surface area contributed by atoms with Gasteiger partial charge >= 0.3 is 0 Å². The summed E-state index contributed by atoms with van der Waals surface area (Å²) in [6, 6.07) is 79.3. The molecule has 0 bridgehead atoms. The van der Waals surface area contributed by atoms with Crippen molar-refractivity contribution in [3.05, 3.63) is 224 Å². The van der Waals surface area contributed by atoms with Crippen molar-refractivity contribution in [1.29, 1.82) is 0 Å². The smallest absolute Gasteiger partial charge is 0.238 e. The Kier molecular flexibility index (Phi) is 8.42. The molecule has 0 aliphatic carbocycles. The van der Waals surface area contributed by atoms with Crippen molar-refractivity contribution in [2.45, 2.75) is 0 Å². The molecule has 0 N–H and O–H groups in total. The maximum atomic E-state index is 5.30. The lowest BCUT2D eigenvalue weighted by Crippen LogP contribution is -2.06. The Bertz CT molecular complexity index is 3590. The molecule has 5 nitrogen and oxygen atoms in total. The molecule has 3 heterocycles. The third-order valence-corrected chi connectivity index (χ3v) is 12.0. The van der Waals surface area contributed by atoms with Gasteiger partial charge in [-0.25, -0.2) is 4.98 Å². The molecular formula is C57H37N5. The van der Waals surface area contributed by atoms with Crippen LogP contribution >= 0.6 is 0 Å². The van der Waals surface area contributed by atoms with E-state index in [1.807, 2.05) is 18.2 Å². The summed E-state index contributed by atoms with van der Waals surface area (Å²) in [7, 11) is 0. The molecule has 12 rings (SSSR count). The molecule has 9 aromatic carbocycles. The summed E-state index contributed by atoms with van der Waals surface area (Å²) in [5.74, 6) is 1.79. The molecule has 62 heavy (non-hydrogen) atoms. The van der Waals surface area contributed by atoms with Crippen LogP contribution in [0.2, 0.25) is 0 Å². The first-order valence-electron chi connectivity index (χ1n) is 20.9. The lowest BCUT2D eigenvalue weighted by atomic mass is 9.98. The Balaban J connectivity index is 1.04. The number of nitrogens with zero attached hydrogens (tertiary/aromatic N) is 5. The average molecular weight is 792 g/mol. The van der Waals surface area contributed by atoms with E-state index in [2.05, 4.69) is 215 Å². The molecule has 12 aromatic rings. The van der Waals surface area contributed by atoms with Gasteiger partial charge in [0.2, 0.25) is 5.95 Å².